The zero-order valence-corrected chi connectivity index (χ0v) is 19.1. The van der Waals surface area contributed by atoms with Crippen molar-refractivity contribution in [2.45, 2.75) is 19.1 Å². The third kappa shape index (κ3) is 3.12. The van der Waals surface area contributed by atoms with Crippen LogP contribution in [0.5, 0.6) is 17.2 Å². The van der Waals surface area contributed by atoms with E-state index in [1.54, 1.807) is 20.5 Å². The molecule has 7 heteroatoms. The van der Waals surface area contributed by atoms with Gasteiger partial charge >= 0.3 is 0 Å². The van der Waals surface area contributed by atoms with Crippen LogP contribution >= 0.6 is 0 Å². The molecule has 6 rings (SSSR count). The second kappa shape index (κ2) is 7.95. The zero-order valence-electron chi connectivity index (χ0n) is 19.1. The molecule has 0 aliphatic carbocycles. The summed E-state index contributed by atoms with van der Waals surface area (Å²) in [6, 6.07) is 22.3. The first kappa shape index (κ1) is 20.4. The number of aryl methyl sites for hydroxylation is 1. The summed E-state index contributed by atoms with van der Waals surface area (Å²) in [5, 5.41) is 8.11. The summed E-state index contributed by atoms with van der Waals surface area (Å²) in [5.74, 6) is 2.84. The third-order valence-electron chi connectivity index (χ3n) is 6.42. The average molecular weight is 453 g/mol. The Bertz CT molecular complexity index is 1410. The number of nitrogens with one attached hydrogen (secondary N) is 1. The molecule has 1 aromatic heterocycles. The van der Waals surface area contributed by atoms with Crippen LogP contribution in [-0.2, 0) is 0 Å². The van der Waals surface area contributed by atoms with Crippen LogP contribution in [0.2, 0.25) is 0 Å². The fraction of sp³-hybridized carbons (Fsp3) is 0.185. The van der Waals surface area contributed by atoms with Gasteiger partial charge in [0.25, 0.3) is 0 Å². The van der Waals surface area contributed by atoms with Gasteiger partial charge in [-0.2, -0.15) is 10.1 Å². The summed E-state index contributed by atoms with van der Waals surface area (Å²) in [6.45, 7) is 2.09. The van der Waals surface area contributed by atoms with Gasteiger partial charge in [0.1, 0.15) is 24.2 Å². The Balaban J connectivity index is 1.61. The second-order valence-electron chi connectivity index (χ2n) is 8.41. The largest absolute Gasteiger partial charge is 0.493 e. The number of aromatic nitrogens is 3. The lowest BCUT2D eigenvalue weighted by atomic mass is 9.84. The predicted octanol–water partition coefficient (Wildman–Crippen LogP) is 5.16. The molecule has 0 fully saturated rings. The maximum absolute atomic E-state index is 6.66. The molecule has 3 aromatic carbocycles. The predicted molar refractivity (Wildman–Crippen MR) is 129 cm³/mol. The topological polar surface area (TPSA) is 70.4 Å². The molecule has 4 aromatic rings. The number of ether oxygens (including phenoxy) is 3. The molecule has 7 nitrogen and oxygen atoms in total. The Kier molecular flexibility index (Phi) is 4.76. The summed E-state index contributed by atoms with van der Waals surface area (Å²) >= 11 is 0. The van der Waals surface area contributed by atoms with Crippen LogP contribution < -0.4 is 19.5 Å². The number of rotatable bonds is 4. The smallest absolute Gasteiger partial charge is 0.226 e. The number of benzene rings is 3. The summed E-state index contributed by atoms with van der Waals surface area (Å²) in [6.07, 6.45) is 1.26. The van der Waals surface area contributed by atoms with Crippen LogP contribution in [0.25, 0.3) is 5.70 Å². The van der Waals surface area contributed by atoms with E-state index in [4.69, 9.17) is 14.2 Å². The maximum Gasteiger partial charge on any atom is 0.226 e. The Morgan fingerprint density at radius 3 is 2.47 bits per heavy atom. The van der Waals surface area contributed by atoms with Crippen LogP contribution in [-0.4, -0.2) is 29.0 Å². The van der Waals surface area contributed by atoms with Crippen molar-refractivity contribution in [2.24, 2.45) is 0 Å². The number of methoxy groups -OCH3 is 2. The first-order valence-electron chi connectivity index (χ1n) is 11.1. The highest BCUT2D eigenvalue weighted by molar-refractivity contribution is 5.85. The quantitative estimate of drug-likeness (QED) is 0.461. The molecule has 1 N–H and O–H groups in total. The van der Waals surface area contributed by atoms with Crippen LogP contribution in [0.4, 0.5) is 5.95 Å². The number of hydrogen-bond acceptors (Lipinski definition) is 6. The molecule has 0 unspecified atom stereocenters. The number of hydrogen-bond donors (Lipinski definition) is 1. The minimum Gasteiger partial charge on any atom is -0.493 e. The molecule has 2 atom stereocenters. The van der Waals surface area contributed by atoms with Gasteiger partial charge in [0.15, 0.2) is 11.5 Å². The maximum atomic E-state index is 6.66. The van der Waals surface area contributed by atoms with Crippen molar-refractivity contribution in [1.29, 1.82) is 0 Å². The van der Waals surface area contributed by atoms with Crippen molar-refractivity contribution in [3.8, 4) is 17.2 Å². The number of fused-ring (bicyclic) bond motifs is 3. The number of anilines is 1. The molecule has 0 radical (unpaired) electrons. The highest BCUT2D eigenvalue weighted by Crippen LogP contribution is 2.51. The molecular formula is C27H24N4O3. The van der Waals surface area contributed by atoms with Crippen LogP contribution in [0.3, 0.4) is 0 Å². The van der Waals surface area contributed by atoms with Gasteiger partial charge in [0.2, 0.25) is 5.95 Å². The second-order valence-corrected chi connectivity index (χ2v) is 8.41. The van der Waals surface area contributed by atoms with Gasteiger partial charge in [-0.05, 0) is 42.3 Å². The van der Waals surface area contributed by atoms with Gasteiger partial charge < -0.3 is 19.5 Å². The highest BCUT2D eigenvalue weighted by atomic mass is 16.5. The molecule has 2 aliphatic heterocycles. The first-order valence-corrected chi connectivity index (χ1v) is 11.1. The van der Waals surface area contributed by atoms with Crippen molar-refractivity contribution >= 4 is 11.6 Å². The molecule has 170 valence electrons. The molecule has 3 heterocycles. The number of para-hydroxylation sites is 1. The molecule has 0 bridgehead atoms. The highest BCUT2D eigenvalue weighted by Gasteiger charge is 2.41. The minimum atomic E-state index is -0.312. The average Bonchev–Trinajstić information content (AvgIpc) is 3.35. The Morgan fingerprint density at radius 2 is 1.68 bits per heavy atom. The van der Waals surface area contributed by atoms with Gasteiger partial charge in [0.05, 0.1) is 19.9 Å². The molecule has 34 heavy (non-hydrogen) atoms. The molecule has 0 saturated carbocycles. The van der Waals surface area contributed by atoms with Crippen molar-refractivity contribution in [3.63, 3.8) is 0 Å². The van der Waals surface area contributed by atoms with E-state index in [-0.39, 0.29) is 12.1 Å². The Labute approximate surface area is 197 Å². The standard InChI is InChI=1S/C27H24N4O3/c1-16-8-10-17(11-9-16)26-23-24(19-6-4-5-7-20(19)34-26)30-27-28-15-29-31(27)25(23)18-12-13-21(32-2)22(14-18)33-3/h4-15,25-26H,1-3H3,(H,28,29,30)/t25-,26+/m1/s1. The van der Waals surface area contributed by atoms with E-state index in [2.05, 4.69) is 52.7 Å². The van der Waals surface area contributed by atoms with E-state index in [1.165, 1.54) is 5.56 Å². The number of nitrogens with zero attached hydrogens (tertiary/aromatic N) is 3. The third-order valence-corrected chi connectivity index (χ3v) is 6.42. The van der Waals surface area contributed by atoms with Crippen molar-refractivity contribution in [2.75, 3.05) is 19.5 Å². The molecule has 0 spiro atoms. The van der Waals surface area contributed by atoms with Crippen LogP contribution in [0.1, 0.15) is 34.4 Å². The first-order chi connectivity index (χ1) is 16.7. The van der Waals surface area contributed by atoms with Crippen LogP contribution in [0.15, 0.2) is 78.6 Å². The summed E-state index contributed by atoms with van der Waals surface area (Å²) < 4.78 is 19.7. The van der Waals surface area contributed by atoms with Gasteiger partial charge in [-0.15, -0.1) is 0 Å². The van der Waals surface area contributed by atoms with E-state index in [0.29, 0.717) is 17.4 Å². The monoisotopic (exact) mass is 452 g/mol. The Hall–Kier alpha value is -4.26. The molecule has 0 amide bonds. The van der Waals surface area contributed by atoms with E-state index >= 15 is 0 Å². The Morgan fingerprint density at radius 1 is 0.912 bits per heavy atom. The fourth-order valence-electron chi connectivity index (χ4n) is 4.78. The van der Waals surface area contributed by atoms with E-state index < -0.39 is 0 Å². The van der Waals surface area contributed by atoms with Crippen LogP contribution in [0, 0.1) is 6.92 Å². The lowest BCUT2D eigenvalue weighted by Gasteiger charge is -2.39. The molecular weight excluding hydrogens is 428 g/mol. The van der Waals surface area contributed by atoms with Crippen molar-refractivity contribution < 1.29 is 14.2 Å². The van der Waals surface area contributed by atoms with Gasteiger partial charge in [-0.1, -0.05) is 48.0 Å². The lowest BCUT2D eigenvalue weighted by Crippen LogP contribution is -2.32. The summed E-state index contributed by atoms with van der Waals surface area (Å²) in [7, 11) is 3.28. The van der Waals surface area contributed by atoms with Gasteiger partial charge in [-0.25, -0.2) is 4.68 Å². The van der Waals surface area contributed by atoms with E-state index in [9.17, 15) is 0 Å². The van der Waals surface area contributed by atoms with Crippen molar-refractivity contribution in [3.05, 3.63) is 101 Å². The van der Waals surface area contributed by atoms with E-state index in [0.717, 1.165) is 33.7 Å². The normalized spacial score (nSPS) is 18.2. The SMILES string of the molecule is COc1ccc([C@@H]2C3=C(Nc4ncnn42)c2ccccc2O[C@H]3c2ccc(C)cc2)cc1OC. The van der Waals surface area contributed by atoms with Gasteiger partial charge in [-0.3, -0.25) is 0 Å². The van der Waals surface area contributed by atoms with E-state index in [1.807, 2.05) is 41.1 Å². The minimum absolute atomic E-state index is 0.256. The summed E-state index contributed by atoms with van der Waals surface area (Å²) in [4.78, 5) is 4.49. The molecule has 0 saturated heterocycles. The zero-order chi connectivity index (χ0) is 23.2. The summed E-state index contributed by atoms with van der Waals surface area (Å²) in [5.41, 5.74) is 6.33. The van der Waals surface area contributed by atoms with Gasteiger partial charge in [0, 0.05) is 11.1 Å². The lowest BCUT2D eigenvalue weighted by molar-refractivity contribution is 0.223. The molecule has 2 aliphatic rings. The fourth-order valence-corrected chi connectivity index (χ4v) is 4.78. The van der Waals surface area contributed by atoms with Crippen molar-refractivity contribution in [1.82, 2.24) is 14.8 Å².